The fourth-order valence-corrected chi connectivity index (χ4v) is 2.81. The van der Waals surface area contributed by atoms with Crippen molar-refractivity contribution in [1.82, 2.24) is 4.90 Å². The molecular weight excluding hydrogens is 186 g/mol. The Morgan fingerprint density at radius 3 is 2.87 bits per heavy atom. The van der Waals surface area contributed by atoms with Crippen LogP contribution in [0.5, 0.6) is 0 Å². The molecule has 0 radical (unpaired) electrons. The van der Waals surface area contributed by atoms with Crippen molar-refractivity contribution in [2.24, 2.45) is 11.8 Å². The van der Waals surface area contributed by atoms with E-state index in [1.165, 1.54) is 38.8 Å². The SMILES string of the molecule is CC(O)C1CCN(CC2CC=CCC2)C1. The number of hydrogen-bond donors (Lipinski definition) is 1. The standard InChI is InChI=1S/C13H23NO/c1-11(15)13-7-8-14(10-13)9-12-5-3-2-4-6-12/h2-3,11-13,15H,4-10H2,1H3. The highest BCUT2D eigenvalue weighted by atomic mass is 16.3. The van der Waals surface area contributed by atoms with Crippen LogP contribution in [0.15, 0.2) is 12.2 Å². The van der Waals surface area contributed by atoms with Crippen molar-refractivity contribution < 1.29 is 5.11 Å². The van der Waals surface area contributed by atoms with Gasteiger partial charge >= 0.3 is 0 Å². The fourth-order valence-electron chi connectivity index (χ4n) is 2.81. The summed E-state index contributed by atoms with van der Waals surface area (Å²) < 4.78 is 0. The quantitative estimate of drug-likeness (QED) is 0.719. The van der Waals surface area contributed by atoms with Gasteiger partial charge in [0.15, 0.2) is 0 Å². The van der Waals surface area contributed by atoms with Crippen molar-refractivity contribution in [2.45, 2.75) is 38.7 Å². The van der Waals surface area contributed by atoms with Gasteiger partial charge in [0, 0.05) is 13.1 Å². The average molecular weight is 209 g/mol. The van der Waals surface area contributed by atoms with Gasteiger partial charge in [0.2, 0.25) is 0 Å². The molecule has 2 nitrogen and oxygen atoms in total. The van der Waals surface area contributed by atoms with Crippen molar-refractivity contribution >= 4 is 0 Å². The van der Waals surface area contributed by atoms with E-state index < -0.39 is 0 Å². The Hall–Kier alpha value is -0.340. The van der Waals surface area contributed by atoms with Crippen LogP contribution in [0.25, 0.3) is 0 Å². The van der Waals surface area contributed by atoms with Crippen LogP contribution >= 0.6 is 0 Å². The van der Waals surface area contributed by atoms with E-state index in [0.29, 0.717) is 5.92 Å². The number of rotatable bonds is 3. The minimum atomic E-state index is -0.124. The van der Waals surface area contributed by atoms with Crippen molar-refractivity contribution in [3.63, 3.8) is 0 Å². The number of nitrogens with zero attached hydrogens (tertiary/aromatic N) is 1. The zero-order chi connectivity index (χ0) is 10.7. The predicted octanol–water partition coefficient (Wildman–Crippen LogP) is 2.05. The first-order valence-electron chi connectivity index (χ1n) is 6.31. The molecule has 1 aliphatic carbocycles. The number of aliphatic hydroxyl groups is 1. The van der Waals surface area contributed by atoms with Crippen LogP contribution in [0.1, 0.15) is 32.6 Å². The molecule has 1 heterocycles. The summed E-state index contributed by atoms with van der Waals surface area (Å²) in [6.07, 6.45) is 9.57. The lowest BCUT2D eigenvalue weighted by Gasteiger charge is -2.24. The molecule has 1 aliphatic heterocycles. The first-order valence-corrected chi connectivity index (χ1v) is 6.31. The average Bonchev–Trinajstić information content (AvgIpc) is 2.68. The summed E-state index contributed by atoms with van der Waals surface area (Å²) in [5.74, 6) is 1.38. The van der Waals surface area contributed by atoms with E-state index in [-0.39, 0.29) is 6.10 Å². The molecule has 1 fully saturated rings. The molecule has 1 saturated heterocycles. The third-order valence-corrected chi connectivity index (χ3v) is 3.89. The van der Waals surface area contributed by atoms with Gasteiger partial charge in [0.1, 0.15) is 0 Å². The molecule has 0 aromatic heterocycles. The van der Waals surface area contributed by atoms with Gasteiger partial charge in [-0.25, -0.2) is 0 Å². The van der Waals surface area contributed by atoms with Gasteiger partial charge in [-0.1, -0.05) is 12.2 Å². The Morgan fingerprint density at radius 2 is 2.27 bits per heavy atom. The maximum absolute atomic E-state index is 9.54. The summed E-state index contributed by atoms with van der Waals surface area (Å²) in [5, 5.41) is 9.54. The fraction of sp³-hybridized carbons (Fsp3) is 0.846. The lowest BCUT2D eigenvalue weighted by Crippen LogP contribution is -2.29. The number of hydrogen-bond acceptors (Lipinski definition) is 2. The third kappa shape index (κ3) is 3.05. The van der Waals surface area contributed by atoms with Gasteiger partial charge in [-0.05, 0) is 51.0 Å². The first-order chi connectivity index (χ1) is 7.25. The second kappa shape index (κ2) is 5.13. The van der Waals surface area contributed by atoms with Crippen molar-refractivity contribution in [2.75, 3.05) is 19.6 Å². The largest absolute Gasteiger partial charge is 0.393 e. The third-order valence-electron chi connectivity index (χ3n) is 3.89. The molecule has 0 saturated carbocycles. The zero-order valence-electron chi connectivity index (χ0n) is 9.73. The maximum atomic E-state index is 9.54. The van der Waals surface area contributed by atoms with Crippen LogP contribution in [-0.4, -0.2) is 35.7 Å². The second-order valence-corrected chi connectivity index (χ2v) is 5.20. The molecule has 0 aromatic carbocycles. The zero-order valence-corrected chi connectivity index (χ0v) is 9.73. The Morgan fingerprint density at radius 1 is 1.40 bits per heavy atom. The Labute approximate surface area is 93.0 Å². The highest BCUT2D eigenvalue weighted by Crippen LogP contribution is 2.24. The van der Waals surface area contributed by atoms with Gasteiger partial charge in [-0.2, -0.15) is 0 Å². The van der Waals surface area contributed by atoms with E-state index in [0.717, 1.165) is 12.5 Å². The van der Waals surface area contributed by atoms with Gasteiger partial charge in [0.25, 0.3) is 0 Å². The summed E-state index contributed by atoms with van der Waals surface area (Å²) in [6.45, 7) is 5.47. The summed E-state index contributed by atoms with van der Waals surface area (Å²) in [5.41, 5.74) is 0. The van der Waals surface area contributed by atoms with E-state index in [1.54, 1.807) is 0 Å². The Kier molecular flexibility index (Phi) is 3.81. The monoisotopic (exact) mass is 209 g/mol. The van der Waals surface area contributed by atoms with Crippen LogP contribution in [0.3, 0.4) is 0 Å². The normalized spacial score (nSPS) is 34.5. The predicted molar refractivity (Wildman–Crippen MR) is 62.7 cm³/mol. The Balaban J connectivity index is 1.74. The highest BCUT2D eigenvalue weighted by Gasteiger charge is 2.27. The van der Waals surface area contributed by atoms with Gasteiger partial charge in [-0.3, -0.25) is 0 Å². The minimum Gasteiger partial charge on any atom is -0.393 e. The molecule has 2 heteroatoms. The molecule has 3 unspecified atom stereocenters. The molecule has 3 atom stereocenters. The van der Waals surface area contributed by atoms with Crippen LogP contribution < -0.4 is 0 Å². The molecule has 0 bridgehead atoms. The van der Waals surface area contributed by atoms with Crippen molar-refractivity contribution in [1.29, 1.82) is 0 Å². The molecule has 15 heavy (non-hydrogen) atoms. The number of aliphatic hydroxyl groups excluding tert-OH is 1. The molecule has 86 valence electrons. The Bertz CT molecular complexity index is 225. The van der Waals surface area contributed by atoms with Crippen LogP contribution in [0.4, 0.5) is 0 Å². The first kappa shape index (κ1) is 11.2. The van der Waals surface area contributed by atoms with Crippen molar-refractivity contribution in [3.05, 3.63) is 12.2 Å². The number of allylic oxidation sites excluding steroid dienone is 2. The molecule has 2 rings (SSSR count). The topological polar surface area (TPSA) is 23.5 Å². The van der Waals surface area contributed by atoms with E-state index in [9.17, 15) is 5.11 Å². The van der Waals surface area contributed by atoms with Gasteiger partial charge in [-0.15, -0.1) is 0 Å². The van der Waals surface area contributed by atoms with Gasteiger partial charge in [0.05, 0.1) is 6.10 Å². The molecule has 0 spiro atoms. The molecular formula is C13H23NO. The second-order valence-electron chi connectivity index (χ2n) is 5.20. The molecule has 0 aromatic rings. The van der Waals surface area contributed by atoms with Crippen LogP contribution in [0, 0.1) is 11.8 Å². The number of likely N-dealkylation sites (tertiary alicyclic amines) is 1. The molecule has 2 aliphatic rings. The lowest BCUT2D eigenvalue weighted by atomic mass is 9.94. The summed E-state index contributed by atoms with van der Waals surface area (Å²) >= 11 is 0. The minimum absolute atomic E-state index is 0.124. The summed E-state index contributed by atoms with van der Waals surface area (Å²) in [4.78, 5) is 2.54. The van der Waals surface area contributed by atoms with E-state index >= 15 is 0 Å². The van der Waals surface area contributed by atoms with Crippen LogP contribution in [0.2, 0.25) is 0 Å². The van der Waals surface area contributed by atoms with E-state index in [2.05, 4.69) is 17.1 Å². The maximum Gasteiger partial charge on any atom is 0.0552 e. The molecule has 0 amide bonds. The van der Waals surface area contributed by atoms with Gasteiger partial charge < -0.3 is 10.0 Å². The molecule has 1 N–H and O–H groups in total. The highest BCUT2D eigenvalue weighted by molar-refractivity contribution is 4.91. The summed E-state index contributed by atoms with van der Waals surface area (Å²) in [7, 11) is 0. The van der Waals surface area contributed by atoms with E-state index in [1.807, 2.05) is 6.92 Å². The van der Waals surface area contributed by atoms with Crippen molar-refractivity contribution in [3.8, 4) is 0 Å². The smallest absolute Gasteiger partial charge is 0.0552 e. The lowest BCUT2D eigenvalue weighted by molar-refractivity contribution is 0.125. The van der Waals surface area contributed by atoms with Crippen LogP contribution in [-0.2, 0) is 0 Å². The van der Waals surface area contributed by atoms with E-state index in [4.69, 9.17) is 0 Å². The summed E-state index contributed by atoms with van der Waals surface area (Å²) in [6, 6.07) is 0.